The molecular formula is C22H25N3O4. The van der Waals surface area contributed by atoms with E-state index in [1.54, 1.807) is 25.7 Å². The number of rotatable bonds is 5. The molecule has 29 heavy (non-hydrogen) atoms. The number of hydrogen-bond acceptors (Lipinski definition) is 7. The average Bonchev–Trinajstić information content (AvgIpc) is 2.73. The number of methoxy groups -OCH3 is 1. The minimum atomic E-state index is -0.238. The average molecular weight is 395 g/mol. The van der Waals surface area contributed by atoms with Gasteiger partial charge >= 0.3 is 5.97 Å². The van der Waals surface area contributed by atoms with Crippen molar-refractivity contribution < 1.29 is 19.0 Å². The van der Waals surface area contributed by atoms with Gasteiger partial charge in [0.05, 0.1) is 31.7 Å². The van der Waals surface area contributed by atoms with Crippen molar-refractivity contribution in [2.24, 2.45) is 4.99 Å². The quantitative estimate of drug-likeness (QED) is 0.723. The van der Waals surface area contributed by atoms with E-state index in [1.165, 1.54) is 6.92 Å². The second-order valence-electron chi connectivity index (χ2n) is 7.31. The fourth-order valence-corrected chi connectivity index (χ4v) is 4.32. The zero-order valence-corrected chi connectivity index (χ0v) is 16.9. The Kier molecular flexibility index (Phi) is 5.47. The summed E-state index contributed by atoms with van der Waals surface area (Å²) in [5.41, 5.74) is 3.66. The van der Waals surface area contributed by atoms with Crippen molar-refractivity contribution >= 4 is 11.7 Å². The third-order valence-corrected chi connectivity index (χ3v) is 5.49. The van der Waals surface area contributed by atoms with E-state index < -0.39 is 0 Å². The number of fused-ring (bicyclic) bond motifs is 3. The van der Waals surface area contributed by atoms with Gasteiger partial charge in [-0.3, -0.25) is 19.8 Å². The van der Waals surface area contributed by atoms with Crippen LogP contribution in [0, 0.1) is 0 Å². The van der Waals surface area contributed by atoms with E-state index >= 15 is 0 Å². The molecule has 152 valence electrons. The van der Waals surface area contributed by atoms with Crippen LogP contribution in [-0.4, -0.2) is 47.5 Å². The van der Waals surface area contributed by atoms with Crippen LogP contribution in [0.4, 0.5) is 0 Å². The molecule has 3 atom stereocenters. The van der Waals surface area contributed by atoms with Crippen LogP contribution in [0.3, 0.4) is 0 Å². The number of esters is 1. The lowest BCUT2D eigenvalue weighted by molar-refractivity contribution is -0.148. The van der Waals surface area contributed by atoms with E-state index in [-0.39, 0.29) is 24.0 Å². The highest BCUT2D eigenvalue weighted by Crippen LogP contribution is 2.45. The first-order valence-corrected chi connectivity index (χ1v) is 9.97. The van der Waals surface area contributed by atoms with Crippen molar-refractivity contribution in [2.75, 3.05) is 13.7 Å². The molecule has 2 heterocycles. The van der Waals surface area contributed by atoms with Gasteiger partial charge in [0.25, 0.3) is 0 Å². The van der Waals surface area contributed by atoms with Crippen LogP contribution in [0.2, 0.25) is 0 Å². The molecule has 7 nitrogen and oxygen atoms in total. The number of ether oxygens (including phenoxy) is 3. The molecule has 2 aliphatic rings. The van der Waals surface area contributed by atoms with Gasteiger partial charge in [-0.1, -0.05) is 0 Å². The summed E-state index contributed by atoms with van der Waals surface area (Å²) in [6, 6.07) is 4.13. The van der Waals surface area contributed by atoms with Crippen LogP contribution in [0.5, 0.6) is 11.5 Å². The summed E-state index contributed by atoms with van der Waals surface area (Å²) < 4.78 is 16.9. The molecule has 0 radical (unpaired) electrons. The smallest absolute Gasteiger partial charge is 0.302 e. The highest BCUT2D eigenvalue weighted by molar-refractivity contribution is 6.13. The van der Waals surface area contributed by atoms with Gasteiger partial charge in [-0.2, -0.15) is 0 Å². The maximum Gasteiger partial charge on any atom is 0.302 e. The van der Waals surface area contributed by atoms with E-state index in [0.29, 0.717) is 18.1 Å². The van der Waals surface area contributed by atoms with Crippen LogP contribution in [0.25, 0.3) is 0 Å². The molecule has 1 aliphatic carbocycles. The monoisotopic (exact) mass is 395 g/mol. The summed E-state index contributed by atoms with van der Waals surface area (Å²) in [6.45, 7) is 3.96. The Hall–Kier alpha value is -2.96. The van der Waals surface area contributed by atoms with Gasteiger partial charge in [-0.05, 0) is 43.9 Å². The van der Waals surface area contributed by atoms with Gasteiger partial charge in [0.2, 0.25) is 0 Å². The summed E-state index contributed by atoms with van der Waals surface area (Å²) in [5, 5.41) is 0. The molecule has 0 amide bonds. The number of aliphatic imine (C=N–C) groups is 1. The summed E-state index contributed by atoms with van der Waals surface area (Å²) in [6.07, 6.45) is 7.37. The molecule has 0 spiro atoms. The van der Waals surface area contributed by atoms with Crippen LogP contribution in [0.1, 0.15) is 55.8 Å². The molecule has 1 saturated carbocycles. The van der Waals surface area contributed by atoms with Crippen molar-refractivity contribution in [3.05, 3.63) is 47.5 Å². The predicted octanol–water partition coefficient (Wildman–Crippen LogP) is 3.30. The Morgan fingerprint density at radius 1 is 1.21 bits per heavy atom. The van der Waals surface area contributed by atoms with Gasteiger partial charge in [-0.25, -0.2) is 0 Å². The highest BCUT2D eigenvalue weighted by Gasteiger charge is 2.39. The van der Waals surface area contributed by atoms with E-state index in [4.69, 9.17) is 19.2 Å². The van der Waals surface area contributed by atoms with Gasteiger partial charge in [0.1, 0.15) is 11.8 Å². The summed E-state index contributed by atoms with van der Waals surface area (Å²) >= 11 is 0. The lowest BCUT2D eigenvalue weighted by Gasteiger charge is -2.38. The Bertz CT molecular complexity index is 929. The maximum absolute atomic E-state index is 11.5. The zero-order chi connectivity index (χ0) is 20.4. The molecule has 0 unspecified atom stereocenters. The molecule has 2 aromatic rings. The SMILES string of the molecule is CCOc1cc2c(cc1OC)C(c1cnccn1)=N[C@@H]1CC[C@@H](OC(C)=O)C[C@H]21. The molecule has 0 bridgehead atoms. The first-order valence-electron chi connectivity index (χ1n) is 9.97. The Morgan fingerprint density at radius 2 is 2.07 bits per heavy atom. The summed E-state index contributed by atoms with van der Waals surface area (Å²) in [5.74, 6) is 1.28. The number of carbonyl (C=O) groups is 1. The third-order valence-electron chi connectivity index (χ3n) is 5.49. The fourth-order valence-electron chi connectivity index (χ4n) is 4.32. The highest BCUT2D eigenvalue weighted by atomic mass is 16.5. The van der Waals surface area contributed by atoms with Crippen LogP contribution < -0.4 is 9.47 Å². The first-order chi connectivity index (χ1) is 14.1. The van der Waals surface area contributed by atoms with Gasteiger partial charge < -0.3 is 14.2 Å². The minimum absolute atomic E-state index is 0.0903. The van der Waals surface area contributed by atoms with Crippen LogP contribution in [0.15, 0.2) is 35.7 Å². The van der Waals surface area contributed by atoms with Crippen molar-refractivity contribution in [3.63, 3.8) is 0 Å². The van der Waals surface area contributed by atoms with Gasteiger partial charge in [-0.15, -0.1) is 0 Å². The number of hydrogen-bond donors (Lipinski definition) is 0. The second-order valence-corrected chi connectivity index (χ2v) is 7.31. The largest absolute Gasteiger partial charge is 0.493 e. The van der Waals surface area contributed by atoms with Crippen molar-refractivity contribution in [2.45, 2.75) is 51.2 Å². The normalized spacial score (nSPS) is 22.7. The Balaban J connectivity index is 1.82. The minimum Gasteiger partial charge on any atom is -0.493 e. The lowest BCUT2D eigenvalue weighted by Crippen LogP contribution is -2.36. The van der Waals surface area contributed by atoms with Gasteiger partial charge in [0, 0.05) is 30.8 Å². The van der Waals surface area contributed by atoms with Crippen molar-refractivity contribution in [1.82, 2.24) is 9.97 Å². The molecule has 4 rings (SSSR count). The fraction of sp³-hybridized carbons (Fsp3) is 0.455. The van der Waals surface area contributed by atoms with E-state index in [1.807, 2.05) is 13.0 Å². The molecule has 7 heteroatoms. The summed E-state index contributed by atoms with van der Waals surface area (Å²) in [4.78, 5) is 25.2. The lowest BCUT2D eigenvalue weighted by atomic mass is 9.74. The first kappa shape index (κ1) is 19.4. The predicted molar refractivity (Wildman–Crippen MR) is 108 cm³/mol. The molecule has 0 N–H and O–H groups in total. The molecule has 1 aromatic heterocycles. The maximum atomic E-state index is 11.5. The van der Waals surface area contributed by atoms with Crippen LogP contribution in [-0.2, 0) is 9.53 Å². The van der Waals surface area contributed by atoms with Crippen LogP contribution >= 0.6 is 0 Å². The molecule has 0 saturated heterocycles. The van der Waals surface area contributed by atoms with E-state index in [0.717, 1.165) is 41.8 Å². The van der Waals surface area contributed by atoms with Crippen molar-refractivity contribution in [3.8, 4) is 11.5 Å². The molecule has 1 fully saturated rings. The Labute approximate surface area is 170 Å². The topological polar surface area (TPSA) is 82.9 Å². The molecular weight excluding hydrogens is 370 g/mol. The zero-order valence-electron chi connectivity index (χ0n) is 16.9. The van der Waals surface area contributed by atoms with Gasteiger partial charge in [0.15, 0.2) is 11.5 Å². The molecule has 1 aliphatic heterocycles. The number of nitrogens with zero attached hydrogens (tertiary/aromatic N) is 3. The third kappa shape index (κ3) is 3.81. The van der Waals surface area contributed by atoms with E-state index in [9.17, 15) is 4.79 Å². The second kappa shape index (κ2) is 8.19. The number of aromatic nitrogens is 2. The number of benzene rings is 1. The van der Waals surface area contributed by atoms with Crippen molar-refractivity contribution in [1.29, 1.82) is 0 Å². The molecule has 1 aromatic carbocycles. The summed E-state index contributed by atoms with van der Waals surface area (Å²) in [7, 11) is 1.63. The Morgan fingerprint density at radius 3 is 2.76 bits per heavy atom. The van der Waals surface area contributed by atoms with E-state index in [2.05, 4.69) is 16.0 Å². The standard InChI is InChI=1S/C22H25N3O4/c1-4-28-21-10-15-16-9-14(29-13(2)26)5-6-18(16)25-22(17(15)11-20(21)27-3)19-12-23-7-8-24-19/h7-8,10-12,14,16,18H,4-6,9H2,1-3H3/t14-,16-,18-/m1/s1. The number of carbonyl (C=O) groups excluding carboxylic acids is 1.